The second-order valence-electron chi connectivity index (χ2n) is 6.41. The molecule has 1 rings (SSSR count). The van der Waals surface area contributed by atoms with Gasteiger partial charge in [0, 0.05) is 6.04 Å². The van der Waals surface area contributed by atoms with E-state index in [4.69, 9.17) is 5.73 Å². The van der Waals surface area contributed by atoms with Gasteiger partial charge >= 0.3 is 0 Å². The minimum Gasteiger partial charge on any atom is -0.328 e. The van der Waals surface area contributed by atoms with Crippen molar-refractivity contribution in [3.05, 3.63) is 0 Å². The van der Waals surface area contributed by atoms with Gasteiger partial charge in [0.15, 0.2) is 0 Å². The first kappa shape index (κ1) is 16.0. The molecule has 2 unspecified atom stereocenters. The van der Waals surface area contributed by atoms with Crippen LogP contribution in [0.25, 0.3) is 0 Å². The molecule has 0 aromatic rings. The third-order valence-corrected chi connectivity index (χ3v) is 4.54. The van der Waals surface area contributed by atoms with Crippen LogP contribution in [0.15, 0.2) is 0 Å². The molecule has 1 nitrogen and oxygen atoms in total. The number of rotatable bonds is 9. The van der Waals surface area contributed by atoms with Crippen molar-refractivity contribution in [2.24, 2.45) is 11.7 Å². The molecule has 0 aliphatic heterocycles. The van der Waals surface area contributed by atoms with Gasteiger partial charge in [0.25, 0.3) is 0 Å². The highest BCUT2D eigenvalue weighted by molar-refractivity contribution is 4.73. The SMILES string of the molecule is CCCCCCCCCCC1CCCCC(N)C1. The molecule has 18 heavy (non-hydrogen) atoms. The quantitative estimate of drug-likeness (QED) is 0.430. The Morgan fingerprint density at radius 1 is 0.833 bits per heavy atom. The van der Waals surface area contributed by atoms with Crippen LogP contribution in [0.1, 0.15) is 96.8 Å². The summed E-state index contributed by atoms with van der Waals surface area (Å²) in [6, 6.07) is 0.506. The van der Waals surface area contributed by atoms with Gasteiger partial charge in [-0.25, -0.2) is 0 Å². The molecule has 1 fully saturated rings. The predicted molar refractivity (Wildman–Crippen MR) is 81.8 cm³/mol. The van der Waals surface area contributed by atoms with Crippen LogP contribution in [0.2, 0.25) is 0 Å². The van der Waals surface area contributed by atoms with Crippen LogP contribution in [0.3, 0.4) is 0 Å². The van der Waals surface area contributed by atoms with Crippen molar-refractivity contribution in [3.8, 4) is 0 Å². The molecule has 1 saturated carbocycles. The van der Waals surface area contributed by atoms with Gasteiger partial charge in [-0.1, -0.05) is 84.0 Å². The normalized spacial score (nSPS) is 25.0. The molecule has 2 N–H and O–H groups in total. The van der Waals surface area contributed by atoms with E-state index in [1.807, 2.05) is 0 Å². The van der Waals surface area contributed by atoms with E-state index in [1.54, 1.807) is 0 Å². The van der Waals surface area contributed by atoms with Crippen molar-refractivity contribution in [2.45, 2.75) is 103 Å². The van der Waals surface area contributed by atoms with E-state index in [2.05, 4.69) is 6.92 Å². The van der Waals surface area contributed by atoms with Crippen LogP contribution in [-0.2, 0) is 0 Å². The monoisotopic (exact) mass is 253 g/mol. The van der Waals surface area contributed by atoms with Gasteiger partial charge in [0.2, 0.25) is 0 Å². The molecule has 0 spiro atoms. The highest BCUT2D eigenvalue weighted by Crippen LogP contribution is 2.26. The minimum absolute atomic E-state index is 0.506. The summed E-state index contributed by atoms with van der Waals surface area (Å²) in [5.74, 6) is 0.947. The number of nitrogens with two attached hydrogens (primary N) is 1. The molecule has 0 aromatic heterocycles. The average molecular weight is 253 g/mol. The van der Waals surface area contributed by atoms with Crippen molar-refractivity contribution in [2.75, 3.05) is 0 Å². The summed E-state index contributed by atoms with van der Waals surface area (Å²) in [6.07, 6.45) is 19.8. The van der Waals surface area contributed by atoms with Gasteiger partial charge in [0.1, 0.15) is 0 Å². The van der Waals surface area contributed by atoms with Gasteiger partial charge in [-0.2, -0.15) is 0 Å². The van der Waals surface area contributed by atoms with Crippen molar-refractivity contribution in [3.63, 3.8) is 0 Å². The second kappa shape index (κ2) is 10.8. The molecule has 0 saturated heterocycles. The lowest BCUT2D eigenvalue weighted by Crippen LogP contribution is -2.21. The summed E-state index contributed by atoms with van der Waals surface area (Å²) >= 11 is 0. The predicted octanol–water partition coefficient (Wildman–Crippen LogP) is 5.42. The zero-order valence-electron chi connectivity index (χ0n) is 12.6. The van der Waals surface area contributed by atoms with Gasteiger partial charge in [-0.15, -0.1) is 0 Å². The summed E-state index contributed by atoms with van der Waals surface area (Å²) in [7, 11) is 0. The van der Waals surface area contributed by atoms with Gasteiger partial charge in [0.05, 0.1) is 0 Å². The van der Waals surface area contributed by atoms with Crippen LogP contribution in [0.4, 0.5) is 0 Å². The standard InChI is InChI=1S/C17H35N/c1-2-3-4-5-6-7-8-9-12-16-13-10-11-14-17(18)15-16/h16-17H,2-15,18H2,1H3. The molecule has 1 aliphatic carbocycles. The highest BCUT2D eigenvalue weighted by atomic mass is 14.6. The van der Waals surface area contributed by atoms with E-state index in [0.717, 1.165) is 5.92 Å². The molecular weight excluding hydrogens is 218 g/mol. The maximum atomic E-state index is 6.12. The van der Waals surface area contributed by atoms with Crippen LogP contribution < -0.4 is 5.73 Å². The van der Waals surface area contributed by atoms with Crippen molar-refractivity contribution < 1.29 is 0 Å². The van der Waals surface area contributed by atoms with Crippen molar-refractivity contribution in [1.82, 2.24) is 0 Å². The molecule has 0 bridgehead atoms. The van der Waals surface area contributed by atoms with E-state index >= 15 is 0 Å². The van der Waals surface area contributed by atoms with E-state index < -0.39 is 0 Å². The smallest absolute Gasteiger partial charge is 0.00414 e. The summed E-state index contributed by atoms with van der Waals surface area (Å²) < 4.78 is 0. The van der Waals surface area contributed by atoms with Crippen LogP contribution in [-0.4, -0.2) is 6.04 Å². The first-order chi connectivity index (χ1) is 8.83. The molecule has 1 heteroatoms. The second-order valence-corrected chi connectivity index (χ2v) is 6.41. The van der Waals surface area contributed by atoms with Crippen molar-refractivity contribution in [1.29, 1.82) is 0 Å². The first-order valence-electron chi connectivity index (χ1n) is 8.58. The first-order valence-corrected chi connectivity index (χ1v) is 8.58. The Hall–Kier alpha value is -0.0400. The molecule has 0 aromatic carbocycles. The van der Waals surface area contributed by atoms with Gasteiger partial charge < -0.3 is 5.73 Å². The zero-order valence-corrected chi connectivity index (χ0v) is 12.6. The zero-order chi connectivity index (χ0) is 13.1. The van der Waals surface area contributed by atoms with Crippen LogP contribution >= 0.6 is 0 Å². The van der Waals surface area contributed by atoms with Gasteiger partial charge in [-0.3, -0.25) is 0 Å². The van der Waals surface area contributed by atoms with Crippen molar-refractivity contribution >= 4 is 0 Å². The van der Waals surface area contributed by atoms with Gasteiger partial charge in [-0.05, 0) is 18.8 Å². The molecule has 0 radical (unpaired) electrons. The summed E-state index contributed by atoms with van der Waals surface area (Å²) in [6.45, 7) is 2.29. The Morgan fingerprint density at radius 2 is 1.44 bits per heavy atom. The summed E-state index contributed by atoms with van der Waals surface area (Å²) in [4.78, 5) is 0. The Balaban J connectivity index is 1.90. The maximum Gasteiger partial charge on any atom is 0.00414 e. The third-order valence-electron chi connectivity index (χ3n) is 4.54. The number of hydrogen-bond donors (Lipinski definition) is 1. The molecule has 1 aliphatic rings. The van der Waals surface area contributed by atoms with E-state index in [-0.39, 0.29) is 0 Å². The van der Waals surface area contributed by atoms with Crippen LogP contribution in [0.5, 0.6) is 0 Å². The summed E-state index contributed by atoms with van der Waals surface area (Å²) in [5, 5.41) is 0. The van der Waals surface area contributed by atoms with E-state index in [0.29, 0.717) is 6.04 Å². The fourth-order valence-electron chi connectivity index (χ4n) is 3.33. The Morgan fingerprint density at radius 3 is 2.17 bits per heavy atom. The Labute approximate surface area is 115 Å². The maximum absolute atomic E-state index is 6.12. The lowest BCUT2D eigenvalue weighted by atomic mass is 9.92. The Kier molecular flexibility index (Phi) is 9.65. The third kappa shape index (κ3) is 8.13. The number of unbranched alkanes of at least 4 members (excludes halogenated alkanes) is 7. The van der Waals surface area contributed by atoms with E-state index in [9.17, 15) is 0 Å². The largest absolute Gasteiger partial charge is 0.328 e. The lowest BCUT2D eigenvalue weighted by molar-refractivity contribution is 0.386. The fourth-order valence-corrected chi connectivity index (χ4v) is 3.33. The molecule has 0 amide bonds. The summed E-state index contributed by atoms with van der Waals surface area (Å²) in [5.41, 5.74) is 6.12. The topological polar surface area (TPSA) is 26.0 Å². The Bertz CT molecular complexity index is 178. The lowest BCUT2D eigenvalue weighted by Gasteiger charge is -2.16. The fraction of sp³-hybridized carbons (Fsp3) is 1.00. The molecular formula is C17H35N. The molecule has 108 valence electrons. The highest BCUT2D eigenvalue weighted by Gasteiger charge is 2.16. The molecule has 0 heterocycles. The van der Waals surface area contributed by atoms with E-state index in [1.165, 1.54) is 89.9 Å². The average Bonchev–Trinajstić information content (AvgIpc) is 2.57. The van der Waals surface area contributed by atoms with Crippen LogP contribution in [0, 0.1) is 5.92 Å². The minimum atomic E-state index is 0.506. The molecule has 2 atom stereocenters. The number of hydrogen-bond acceptors (Lipinski definition) is 1.